The van der Waals surface area contributed by atoms with Crippen LogP contribution in [0.3, 0.4) is 0 Å². The van der Waals surface area contributed by atoms with Crippen LogP contribution in [0.5, 0.6) is 0 Å². The van der Waals surface area contributed by atoms with Crippen molar-refractivity contribution < 1.29 is 0 Å². The maximum absolute atomic E-state index is 5.89. The van der Waals surface area contributed by atoms with Crippen LogP contribution in [0.25, 0.3) is 0 Å². The predicted octanol–water partition coefficient (Wildman–Crippen LogP) is 1.14. The Balaban J connectivity index is 2.12. The molecule has 0 saturated carbocycles. The Labute approximate surface area is 94.6 Å². The quantitative estimate of drug-likeness (QED) is 0.718. The zero-order valence-corrected chi connectivity index (χ0v) is 10.4. The Bertz CT molecular complexity index is 153. The van der Waals surface area contributed by atoms with Crippen LogP contribution < -0.4 is 5.73 Å². The van der Waals surface area contributed by atoms with Gasteiger partial charge in [-0.2, -0.15) is 0 Å². The molecule has 90 valence electrons. The molecule has 1 fully saturated rings. The number of nitrogens with two attached hydrogens (primary N) is 1. The first-order valence-corrected chi connectivity index (χ1v) is 6.46. The van der Waals surface area contributed by atoms with E-state index in [2.05, 4.69) is 23.6 Å². The average Bonchev–Trinajstić information content (AvgIpc) is 2.26. The molecule has 0 aromatic rings. The van der Waals surface area contributed by atoms with Gasteiger partial charge in [-0.25, -0.2) is 0 Å². The lowest BCUT2D eigenvalue weighted by Crippen LogP contribution is -2.43. The first-order valence-electron chi connectivity index (χ1n) is 6.46. The van der Waals surface area contributed by atoms with Crippen molar-refractivity contribution in [1.82, 2.24) is 9.80 Å². The Morgan fingerprint density at radius 3 is 2.40 bits per heavy atom. The number of likely N-dealkylation sites (N-methyl/N-ethyl adjacent to an activating group) is 1. The van der Waals surface area contributed by atoms with Crippen LogP contribution in [0.2, 0.25) is 0 Å². The summed E-state index contributed by atoms with van der Waals surface area (Å²) in [5, 5.41) is 0. The summed E-state index contributed by atoms with van der Waals surface area (Å²) in [4.78, 5) is 5.09. The second kappa shape index (κ2) is 7.20. The van der Waals surface area contributed by atoms with Gasteiger partial charge in [-0.15, -0.1) is 0 Å². The minimum atomic E-state index is 0.458. The van der Waals surface area contributed by atoms with E-state index in [1.54, 1.807) is 0 Å². The Kier molecular flexibility index (Phi) is 6.22. The van der Waals surface area contributed by atoms with Crippen molar-refractivity contribution in [2.75, 3.05) is 39.3 Å². The van der Waals surface area contributed by atoms with Gasteiger partial charge in [-0.3, -0.25) is 0 Å². The molecule has 0 aromatic heterocycles. The molecule has 0 amide bonds. The monoisotopic (exact) mass is 213 g/mol. The topological polar surface area (TPSA) is 32.5 Å². The number of nitrogens with zero attached hydrogens (tertiary/aromatic N) is 2. The summed E-state index contributed by atoms with van der Waals surface area (Å²) in [5.74, 6) is 0. The molecular formula is C12H27N3. The normalized spacial score (nSPS) is 20.0. The summed E-state index contributed by atoms with van der Waals surface area (Å²) in [6, 6.07) is 0.458. The maximum atomic E-state index is 5.89. The van der Waals surface area contributed by atoms with Gasteiger partial charge in [0.25, 0.3) is 0 Å². The van der Waals surface area contributed by atoms with Gasteiger partial charge >= 0.3 is 0 Å². The van der Waals surface area contributed by atoms with Crippen LogP contribution in [0.1, 0.15) is 33.1 Å². The van der Waals surface area contributed by atoms with Crippen LogP contribution in [-0.2, 0) is 0 Å². The van der Waals surface area contributed by atoms with Gasteiger partial charge in [0.05, 0.1) is 0 Å². The molecule has 0 aromatic carbocycles. The van der Waals surface area contributed by atoms with E-state index >= 15 is 0 Å². The Morgan fingerprint density at radius 1 is 1.20 bits per heavy atom. The van der Waals surface area contributed by atoms with Crippen molar-refractivity contribution in [3.05, 3.63) is 0 Å². The lowest BCUT2D eigenvalue weighted by Gasteiger charge is -2.31. The Morgan fingerprint density at radius 2 is 1.87 bits per heavy atom. The van der Waals surface area contributed by atoms with Crippen LogP contribution in [0.15, 0.2) is 0 Å². The van der Waals surface area contributed by atoms with Crippen LogP contribution in [0.4, 0.5) is 0 Å². The van der Waals surface area contributed by atoms with Gasteiger partial charge in [0.15, 0.2) is 0 Å². The van der Waals surface area contributed by atoms with E-state index in [9.17, 15) is 0 Å². The lowest BCUT2D eigenvalue weighted by atomic mass is 10.1. The second-order valence-corrected chi connectivity index (χ2v) is 4.61. The summed E-state index contributed by atoms with van der Waals surface area (Å²) < 4.78 is 0. The molecule has 3 nitrogen and oxygen atoms in total. The number of likely N-dealkylation sites (tertiary alicyclic amines) is 1. The molecule has 15 heavy (non-hydrogen) atoms. The molecule has 1 saturated heterocycles. The molecule has 0 radical (unpaired) electrons. The molecule has 0 spiro atoms. The molecule has 1 rings (SSSR count). The third-order valence-corrected chi connectivity index (χ3v) is 3.35. The van der Waals surface area contributed by atoms with Gasteiger partial charge in [0.1, 0.15) is 0 Å². The molecule has 1 heterocycles. The number of hydrogen-bond donors (Lipinski definition) is 1. The molecule has 1 aliphatic rings. The SMILES string of the molecule is CCCN(CC)CCN1CCC(N)CC1. The van der Waals surface area contributed by atoms with Gasteiger partial charge in [-0.05, 0) is 45.4 Å². The zero-order chi connectivity index (χ0) is 11.1. The first-order chi connectivity index (χ1) is 7.26. The maximum Gasteiger partial charge on any atom is 0.0109 e. The molecule has 3 heteroatoms. The summed E-state index contributed by atoms with van der Waals surface area (Å²) in [5.41, 5.74) is 5.89. The van der Waals surface area contributed by atoms with Gasteiger partial charge < -0.3 is 15.5 Å². The predicted molar refractivity (Wildman–Crippen MR) is 66.1 cm³/mol. The fourth-order valence-electron chi connectivity index (χ4n) is 2.20. The first kappa shape index (κ1) is 12.9. The highest BCUT2D eigenvalue weighted by Gasteiger charge is 2.15. The van der Waals surface area contributed by atoms with Crippen molar-refractivity contribution in [3.63, 3.8) is 0 Å². The van der Waals surface area contributed by atoms with E-state index in [1.165, 1.54) is 58.5 Å². The molecular weight excluding hydrogens is 186 g/mol. The fourth-order valence-corrected chi connectivity index (χ4v) is 2.20. The third kappa shape index (κ3) is 4.96. The van der Waals surface area contributed by atoms with E-state index in [1.807, 2.05) is 0 Å². The number of piperidine rings is 1. The smallest absolute Gasteiger partial charge is 0.0109 e. The van der Waals surface area contributed by atoms with Gasteiger partial charge in [0, 0.05) is 19.1 Å². The minimum Gasteiger partial charge on any atom is -0.328 e. The van der Waals surface area contributed by atoms with Crippen molar-refractivity contribution in [2.45, 2.75) is 39.2 Å². The van der Waals surface area contributed by atoms with E-state index in [4.69, 9.17) is 5.73 Å². The highest BCUT2D eigenvalue weighted by Crippen LogP contribution is 2.07. The summed E-state index contributed by atoms with van der Waals surface area (Å²) in [7, 11) is 0. The zero-order valence-electron chi connectivity index (χ0n) is 10.4. The molecule has 0 atom stereocenters. The highest BCUT2D eigenvalue weighted by molar-refractivity contribution is 4.74. The van der Waals surface area contributed by atoms with Crippen molar-refractivity contribution in [2.24, 2.45) is 5.73 Å². The summed E-state index contributed by atoms with van der Waals surface area (Å²) in [6.07, 6.45) is 3.62. The second-order valence-electron chi connectivity index (χ2n) is 4.61. The number of hydrogen-bond acceptors (Lipinski definition) is 3. The van der Waals surface area contributed by atoms with Gasteiger partial charge in [0.2, 0.25) is 0 Å². The van der Waals surface area contributed by atoms with E-state index in [0.29, 0.717) is 6.04 Å². The molecule has 0 aliphatic carbocycles. The molecule has 0 bridgehead atoms. The van der Waals surface area contributed by atoms with E-state index < -0.39 is 0 Å². The third-order valence-electron chi connectivity index (χ3n) is 3.35. The lowest BCUT2D eigenvalue weighted by molar-refractivity contribution is 0.176. The minimum absolute atomic E-state index is 0.458. The van der Waals surface area contributed by atoms with Crippen LogP contribution >= 0.6 is 0 Å². The molecule has 1 aliphatic heterocycles. The van der Waals surface area contributed by atoms with E-state index in [0.717, 1.165) is 0 Å². The van der Waals surface area contributed by atoms with Crippen LogP contribution in [0, 0.1) is 0 Å². The summed E-state index contributed by atoms with van der Waals surface area (Å²) in [6.45, 7) is 11.8. The van der Waals surface area contributed by atoms with Gasteiger partial charge in [-0.1, -0.05) is 13.8 Å². The molecule has 0 unspecified atom stereocenters. The Hall–Kier alpha value is -0.120. The highest BCUT2D eigenvalue weighted by atomic mass is 15.2. The van der Waals surface area contributed by atoms with Crippen molar-refractivity contribution >= 4 is 0 Å². The van der Waals surface area contributed by atoms with Crippen LogP contribution in [-0.4, -0.2) is 55.1 Å². The number of rotatable bonds is 6. The van der Waals surface area contributed by atoms with Crippen molar-refractivity contribution in [1.29, 1.82) is 0 Å². The molecule has 2 N–H and O–H groups in total. The summed E-state index contributed by atoms with van der Waals surface area (Å²) >= 11 is 0. The largest absolute Gasteiger partial charge is 0.328 e. The standard InChI is InChI=1S/C12H27N3/c1-3-7-14(4-2)10-11-15-8-5-12(13)6-9-15/h12H,3-11,13H2,1-2H3. The van der Waals surface area contributed by atoms with E-state index in [-0.39, 0.29) is 0 Å². The van der Waals surface area contributed by atoms with Crippen molar-refractivity contribution in [3.8, 4) is 0 Å². The fraction of sp³-hybridized carbons (Fsp3) is 1.00. The average molecular weight is 213 g/mol.